The van der Waals surface area contributed by atoms with E-state index in [1.165, 1.54) is 6.26 Å². The first-order valence-corrected chi connectivity index (χ1v) is 7.09. The lowest BCUT2D eigenvalue weighted by Gasteiger charge is -2.08. The first-order chi connectivity index (χ1) is 10.6. The average Bonchev–Trinajstić information content (AvgIpc) is 3.15. The first-order valence-electron chi connectivity index (χ1n) is 7.09. The van der Waals surface area contributed by atoms with Crippen LogP contribution in [0.1, 0.15) is 24.4 Å². The van der Waals surface area contributed by atoms with Crippen LogP contribution in [0, 0.1) is 5.92 Å². The van der Waals surface area contributed by atoms with E-state index >= 15 is 0 Å². The number of nitrogens with one attached hydrogen (secondary N) is 2. The molecule has 2 aromatic heterocycles. The molecule has 1 aromatic carbocycles. The number of benzene rings is 1. The molecule has 0 fully saturated rings. The van der Waals surface area contributed by atoms with E-state index in [0.717, 1.165) is 16.7 Å². The second-order valence-corrected chi connectivity index (χ2v) is 5.42. The van der Waals surface area contributed by atoms with Gasteiger partial charge in [0.05, 0.1) is 18.4 Å². The highest BCUT2D eigenvalue weighted by Crippen LogP contribution is 2.25. The van der Waals surface area contributed by atoms with E-state index in [9.17, 15) is 4.79 Å². The van der Waals surface area contributed by atoms with E-state index in [4.69, 9.17) is 9.15 Å². The normalized spacial score (nSPS) is 11.0. The number of carbonyl (C=O) groups excluding carboxylic acids is 1. The molecule has 0 saturated carbocycles. The molecule has 3 aromatic rings. The van der Waals surface area contributed by atoms with E-state index < -0.39 is 0 Å². The molecule has 0 aliphatic heterocycles. The number of furan rings is 1. The second-order valence-electron chi connectivity index (χ2n) is 5.42. The van der Waals surface area contributed by atoms with Gasteiger partial charge >= 0.3 is 0 Å². The number of H-pyrrole nitrogens is 1. The monoisotopic (exact) mass is 299 g/mol. The van der Waals surface area contributed by atoms with Crippen molar-refractivity contribution in [3.63, 3.8) is 0 Å². The smallest absolute Gasteiger partial charge is 0.292 e. The number of nitrogens with zero attached hydrogens (tertiary/aromatic N) is 1. The van der Waals surface area contributed by atoms with Crippen LogP contribution in [0.5, 0.6) is 5.75 Å². The van der Waals surface area contributed by atoms with Gasteiger partial charge in [-0.25, -0.2) is 0 Å². The molecule has 0 saturated heterocycles. The minimum atomic E-state index is -0.335. The number of hydrogen-bond donors (Lipinski definition) is 2. The molecular weight excluding hydrogens is 282 g/mol. The van der Waals surface area contributed by atoms with E-state index in [1.807, 2.05) is 18.2 Å². The van der Waals surface area contributed by atoms with Gasteiger partial charge in [-0.3, -0.25) is 9.89 Å². The van der Waals surface area contributed by atoms with Gasteiger partial charge in [-0.15, -0.1) is 0 Å². The van der Waals surface area contributed by atoms with Crippen molar-refractivity contribution in [2.24, 2.45) is 5.92 Å². The van der Waals surface area contributed by atoms with Crippen molar-refractivity contribution < 1.29 is 13.9 Å². The van der Waals surface area contributed by atoms with Crippen LogP contribution in [0.3, 0.4) is 0 Å². The molecule has 2 heterocycles. The Morgan fingerprint density at radius 3 is 3.00 bits per heavy atom. The van der Waals surface area contributed by atoms with Crippen LogP contribution in [-0.4, -0.2) is 22.7 Å². The van der Waals surface area contributed by atoms with Crippen molar-refractivity contribution in [2.45, 2.75) is 13.8 Å². The van der Waals surface area contributed by atoms with Gasteiger partial charge in [0.15, 0.2) is 11.6 Å². The van der Waals surface area contributed by atoms with Gasteiger partial charge in [0.2, 0.25) is 0 Å². The number of hydrogen-bond acceptors (Lipinski definition) is 4. The average molecular weight is 299 g/mol. The van der Waals surface area contributed by atoms with Crippen LogP contribution in [0.25, 0.3) is 10.9 Å². The standard InChI is InChI=1S/C16H17N3O3/c1-10(2)9-22-11-5-6-12-13(8-11)18-19-15(12)17-16(20)14-4-3-7-21-14/h3-8,10H,9H2,1-2H3,(H2,17,18,19,20). The molecule has 6 heteroatoms. The third-order valence-electron chi connectivity index (χ3n) is 3.09. The molecule has 0 spiro atoms. The minimum absolute atomic E-state index is 0.244. The molecular formula is C16H17N3O3. The number of rotatable bonds is 5. The van der Waals surface area contributed by atoms with Crippen LogP contribution in [-0.2, 0) is 0 Å². The lowest BCUT2D eigenvalue weighted by Crippen LogP contribution is -2.11. The minimum Gasteiger partial charge on any atom is -0.493 e. The molecule has 22 heavy (non-hydrogen) atoms. The third-order valence-corrected chi connectivity index (χ3v) is 3.09. The summed E-state index contributed by atoms with van der Waals surface area (Å²) in [4.78, 5) is 12.0. The number of carbonyl (C=O) groups is 1. The number of aromatic amines is 1. The molecule has 2 N–H and O–H groups in total. The van der Waals surface area contributed by atoms with Gasteiger partial charge in [-0.1, -0.05) is 13.8 Å². The Balaban J connectivity index is 1.79. The fourth-order valence-electron chi connectivity index (χ4n) is 2.02. The van der Waals surface area contributed by atoms with Crippen LogP contribution >= 0.6 is 0 Å². The zero-order valence-electron chi connectivity index (χ0n) is 12.4. The summed E-state index contributed by atoms with van der Waals surface area (Å²) in [7, 11) is 0. The van der Waals surface area contributed by atoms with Gasteiger partial charge < -0.3 is 14.5 Å². The van der Waals surface area contributed by atoms with Crippen LogP contribution < -0.4 is 10.1 Å². The zero-order valence-corrected chi connectivity index (χ0v) is 12.4. The first kappa shape index (κ1) is 14.2. The summed E-state index contributed by atoms with van der Waals surface area (Å²) in [5.74, 6) is 1.60. The fraction of sp³-hybridized carbons (Fsp3) is 0.250. The topological polar surface area (TPSA) is 80.2 Å². The van der Waals surface area contributed by atoms with Gasteiger partial charge in [0.25, 0.3) is 5.91 Å². The van der Waals surface area contributed by atoms with Crippen molar-refractivity contribution in [1.82, 2.24) is 10.2 Å². The Morgan fingerprint density at radius 1 is 1.41 bits per heavy atom. The lowest BCUT2D eigenvalue weighted by molar-refractivity contribution is 0.0996. The van der Waals surface area contributed by atoms with Crippen molar-refractivity contribution in [1.29, 1.82) is 0 Å². The summed E-state index contributed by atoms with van der Waals surface area (Å²) in [6.07, 6.45) is 1.45. The molecule has 0 aliphatic rings. The summed E-state index contributed by atoms with van der Waals surface area (Å²) >= 11 is 0. The van der Waals surface area contributed by atoms with E-state index in [0.29, 0.717) is 18.3 Å². The predicted octanol–water partition coefficient (Wildman–Crippen LogP) is 3.44. The molecule has 3 rings (SSSR count). The van der Waals surface area contributed by atoms with Gasteiger partial charge in [-0.2, -0.15) is 5.10 Å². The Labute approximate surface area is 127 Å². The van der Waals surface area contributed by atoms with E-state index in [-0.39, 0.29) is 11.7 Å². The SMILES string of the molecule is CC(C)COc1ccc2c(NC(=O)c3ccco3)n[nH]c2c1. The molecule has 6 nitrogen and oxygen atoms in total. The molecule has 1 amide bonds. The van der Waals surface area contributed by atoms with E-state index in [1.54, 1.807) is 12.1 Å². The van der Waals surface area contributed by atoms with Crippen molar-refractivity contribution >= 4 is 22.6 Å². The Morgan fingerprint density at radius 2 is 2.27 bits per heavy atom. The fourth-order valence-corrected chi connectivity index (χ4v) is 2.02. The maximum Gasteiger partial charge on any atom is 0.292 e. The molecule has 0 atom stereocenters. The number of anilines is 1. The summed E-state index contributed by atoms with van der Waals surface area (Å²) in [5.41, 5.74) is 0.802. The third kappa shape index (κ3) is 2.95. The molecule has 114 valence electrons. The highest BCUT2D eigenvalue weighted by molar-refractivity contribution is 6.06. The summed E-state index contributed by atoms with van der Waals surface area (Å²) < 4.78 is 10.7. The predicted molar refractivity (Wildman–Crippen MR) is 83.1 cm³/mol. The largest absolute Gasteiger partial charge is 0.493 e. The number of amides is 1. The summed E-state index contributed by atoms with van der Waals surface area (Å²) in [6.45, 7) is 4.84. The Hall–Kier alpha value is -2.76. The Bertz CT molecular complexity index is 775. The second kappa shape index (κ2) is 5.93. The van der Waals surface area contributed by atoms with Gasteiger partial charge in [0, 0.05) is 11.5 Å². The maximum atomic E-state index is 12.0. The Kier molecular flexibility index (Phi) is 3.82. The van der Waals surface area contributed by atoms with Crippen molar-refractivity contribution in [2.75, 3.05) is 11.9 Å². The van der Waals surface area contributed by atoms with Gasteiger partial charge in [0.1, 0.15) is 5.75 Å². The molecule has 0 bridgehead atoms. The molecule has 0 radical (unpaired) electrons. The molecule has 0 unspecified atom stereocenters. The van der Waals surface area contributed by atoms with Crippen LogP contribution in [0.2, 0.25) is 0 Å². The number of fused-ring (bicyclic) bond motifs is 1. The highest BCUT2D eigenvalue weighted by atomic mass is 16.5. The number of aromatic nitrogens is 2. The quantitative estimate of drug-likeness (QED) is 0.756. The van der Waals surface area contributed by atoms with Gasteiger partial charge in [-0.05, 0) is 30.2 Å². The molecule has 0 aliphatic carbocycles. The van der Waals surface area contributed by atoms with E-state index in [2.05, 4.69) is 29.4 Å². The lowest BCUT2D eigenvalue weighted by atomic mass is 10.2. The summed E-state index contributed by atoms with van der Waals surface area (Å²) in [5, 5.41) is 10.6. The zero-order chi connectivity index (χ0) is 15.5. The highest BCUT2D eigenvalue weighted by Gasteiger charge is 2.13. The summed E-state index contributed by atoms with van der Waals surface area (Å²) in [6, 6.07) is 8.86. The number of ether oxygens (including phenoxy) is 1. The maximum absolute atomic E-state index is 12.0. The van der Waals surface area contributed by atoms with Crippen molar-refractivity contribution in [3.8, 4) is 5.75 Å². The van der Waals surface area contributed by atoms with Crippen molar-refractivity contribution in [3.05, 3.63) is 42.4 Å². The van der Waals surface area contributed by atoms with Crippen LogP contribution in [0.15, 0.2) is 41.0 Å². The van der Waals surface area contributed by atoms with Crippen LogP contribution in [0.4, 0.5) is 5.82 Å².